The van der Waals surface area contributed by atoms with E-state index in [0.29, 0.717) is 17.3 Å². The van der Waals surface area contributed by atoms with Crippen LogP contribution in [0.25, 0.3) is 21.1 Å². The molecule has 1 aliphatic heterocycles. The lowest BCUT2D eigenvalue weighted by molar-refractivity contribution is 0.0709. The van der Waals surface area contributed by atoms with Gasteiger partial charge in [-0.25, -0.2) is 9.97 Å². The van der Waals surface area contributed by atoms with Gasteiger partial charge in [0.25, 0.3) is 5.91 Å². The van der Waals surface area contributed by atoms with Crippen molar-refractivity contribution in [3.05, 3.63) is 70.3 Å². The molecule has 4 nitrogen and oxygen atoms in total. The lowest BCUT2D eigenvalue weighted by atomic mass is 9.97. The van der Waals surface area contributed by atoms with Crippen LogP contribution in [0.1, 0.15) is 34.1 Å². The number of para-hydroxylation sites is 2. The lowest BCUT2D eigenvalue weighted by Gasteiger charge is -2.32. The first-order valence-electron chi connectivity index (χ1n) is 9.39. The fraction of sp³-hybridized carbons (Fsp3) is 0.227. The van der Waals surface area contributed by atoms with E-state index in [1.54, 1.807) is 17.4 Å². The number of likely N-dealkylation sites (tertiary alicyclic amines) is 1. The highest BCUT2D eigenvalue weighted by atomic mass is 35.5. The number of pyridine rings is 1. The molecule has 1 amide bonds. The van der Waals surface area contributed by atoms with Crippen LogP contribution in [-0.2, 0) is 0 Å². The number of aromatic nitrogens is 2. The Kier molecular flexibility index (Phi) is 4.49. The fourth-order valence-corrected chi connectivity index (χ4v) is 5.21. The van der Waals surface area contributed by atoms with E-state index in [1.165, 1.54) is 4.70 Å². The van der Waals surface area contributed by atoms with Gasteiger partial charge in [0.15, 0.2) is 0 Å². The van der Waals surface area contributed by atoms with Gasteiger partial charge < -0.3 is 4.90 Å². The lowest BCUT2D eigenvalue weighted by Crippen LogP contribution is -2.39. The largest absolute Gasteiger partial charge is 0.338 e. The number of fused-ring (bicyclic) bond motifs is 2. The van der Waals surface area contributed by atoms with E-state index in [-0.39, 0.29) is 11.8 Å². The third kappa shape index (κ3) is 3.15. The predicted molar refractivity (Wildman–Crippen MR) is 114 cm³/mol. The van der Waals surface area contributed by atoms with E-state index in [1.807, 2.05) is 47.4 Å². The number of nitrogens with zero attached hydrogens (tertiary/aromatic N) is 3. The maximum Gasteiger partial charge on any atom is 0.254 e. The van der Waals surface area contributed by atoms with Crippen LogP contribution in [0.5, 0.6) is 0 Å². The van der Waals surface area contributed by atoms with Gasteiger partial charge in [-0.15, -0.1) is 11.3 Å². The average molecular weight is 408 g/mol. The van der Waals surface area contributed by atoms with Crippen molar-refractivity contribution in [1.29, 1.82) is 0 Å². The van der Waals surface area contributed by atoms with Gasteiger partial charge in [0, 0.05) is 24.4 Å². The zero-order valence-electron chi connectivity index (χ0n) is 15.1. The molecular weight excluding hydrogens is 390 g/mol. The molecule has 28 heavy (non-hydrogen) atoms. The van der Waals surface area contributed by atoms with Crippen LogP contribution in [0.3, 0.4) is 0 Å². The van der Waals surface area contributed by atoms with E-state index in [9.17, 15) is 4.79 Å². The summed E-state index contributed by atoms with van der Waals surface area (Å²) in [6.07, 6.45) is 2.03. The van der Waals surface area contributed by atoms with Crippen molar-refractivity contribution in [1.82, 2.24) is 14.9 Å². The Hall–Kier alpha value is -2.50. The molecule has 1 aliphatic rings. The topological polar surface area (TPSA) is 46.1 Å². The molecule has 5 rings (SSSR count). The first kappa shape index (κ1) is 17.6. The smallest absolute Gasteiger partial charge is 0.254 e. The summed E-state index contributed by atoms with van der Waals surface area (Å²) < 4.78 is 1.20. The maximum atomic E-state index is 13.3. The second kappa shape index (κ2) is 7.15. The highest BCUT2D eigenvalue weighted by Gasteiger charge is 2.28. The molecule has 2 aromatic carbocycles. The summed E-state index contributed by atoms with van der Waals surface area (Å²) in [5.74, 6) is 0.296. The van der Waals surface area contributed by atoms with Gasteiger partial charge in [0.05, 0.1) is 26.3 Å². The van der Waals surface area contributed by atoms with Crippen LogP contribution in [0, 0.1) is 0 Å². The Bertz CT molecular complexity index is 1160. The molecule has 4 aromatic rings. The molecule has 0 bridgehead atoms. The third-order valence-corrected chi connectivity index (χ3v) is 6.68. The number of piperidine rings is 1. The first-order chi connectivity index (χ1) is 13.7. The van der Waals surface area contributed by atoms with E-state index in [2.05, 4.69) is 11.1 Å². The predicted octanol–water partition coefficient (Wildman–Crippen LogP) is 5.52. The Morgan fingerprint density at radius 2 is 1.86 bits per heavy atom. The van der Waals surface area contributed by atoms with Crippen molar-refractivity contribution < 1.29 is 4.79 Å². The van der Waals surface area contributed by atoms with Gasteiger partial charge >= 0.3 is 0 Å². The highest BCUT2D eigenvalue weighted by molar-refractivity contribution is 7.18. The minimum atomic E-state index is 0.0197. The molecule has 1 fully saturated rings. The van der Waals surface area contributed by atoms with Crippen LogP contribution in [-0.4, -0.2) is 33.9 Å². The second-order valence-electron chi connectivity index (χ2n) is 7.12. The standard InChI is InChI=1S/C22H18ClN3OS/c23-20-12-16(15-7-1-2-8-17(15)24-20)22(27)26-11-5-6-14(13-26)21-25-18-9-3-4-10-19(18)28-21/h1-4,7-10,12,14H,5-6,11,13H2. The second-order valence-corrected chi connectivity index (χ2v) is 8.57. The number of halogens is 1. The summed E-state index contributed by atoms with van der Waals surface area (Å²) in [6.45, 7) is 1.45. The van der Waals surface area contributed by atoms with Crippen LogP contribution < -0.4 is 0 Å². The zero-order chi connectivity index (χ0) is 19.1. The summed E-state index contributed by atoms with van der Waals surface area (Å²) in [4.78, 5) is 24.4. The zero-order valence-corrected chi connectivity index (χ0v) is 16.7. The minimum absolute atomic E-state index is 0.0197. The number of carbonyl (C=O) groups is 1. The van der Waals surface area contributed by atoms with Crippen molar-refractivity contribution in [3.63, 3.8) is 0 Å². The molecule has 0 N–H and O–H groups in total. The van der Waals surface area contributed by atoms with Crippen molar-refractivity contribution in [2.45, 2.75) is 18.8 Å². The van der Waals surface area contributed by atoms with Crippen molar-refractivity contribution in [2.75, 3.05) is 13.1 Å². The number of rotatable bonds is 2. The van der Waals surface area contributed by atoms with Gasteiger partial charge in [-0.1, -0.05) is 41.9 Å². The van der Waals surface area contributed by atoms with Crippen LogP contribution >= 0.6 is 22.9 Å². The van der Waals surface area contributed by atoms with Gasteiger partial charge in [-0.2, -0.15) is 0 Å². The van der Waals surface area contributed by atoms with Crippen molar-refractivity contribution in [3.8, 4) is 0 Å². The molecule has 0 radical (unpaired) electrons. The Morgan fingerprint density at radius 1 is 1.07 bits per heavy atom. The molecule has 140 valence electrons. The summed E-state index contributed by atoms with van der Waals surface area (Å²) in [5, 5.41) is 2.32. The van der Waals surface area contributed by atoms with Gasteiger partial charge in [0.1, 0.15) is 5.15 Å². The minimum Gasteiger partial charge on any atom is -0.338 e. The molecule has 0 saturated carbocycles. The Morgan fingerprint density at radius 3 is 2.71 bits per heavy atom. The van der Waals surface area contributed by atoms with Gasteiger partial charge in [-0.05, 0) is 37.1 Å². The van der Waals surface area contributed by atoms with Crippen LogP contribution in [0.2, 0.25) is 5.15 Å². The summed E-state index contributed by atoms with van der Waals surface area (Å²) >= 11 is 7.92. The number of hydrogen-bond acceptors (Lipinski definition) is 4. The van der Waals surface area contributed by atoms with E-state index in [4.69, 9.17) is 16.6 Å². The third-order valence-electron chi connectivity index (χ3n) is 5.28. The number of carbonyl (C=O) groups excluding carboxylic acids is 1. The van der Waals surface area contributed by atoms with E-state index < -0.39 is 0 Å². The maximum absolute atomic E-state index is 13.3. The quantitative estimate of drug-likeness (QED) is 0.411. The van der Waals surface area contributed by atoms with Gasteiger partial charge in [0.2, 0.25) is 0 Å². The highest BCUT2D eigenvalue weighted by Crippen LogP contribution is 2.34. The average Bonchev–Trinajstić information content (AvgIpc) is 3.17. The molecule has 1 saturated heterocycles. The molecule has 3 heterocycles. The van der Waals surface area contributed by atoms with Crippen LogP contribution in [0.15, 0.2) is 54.6 Å². The molecule has 2 aromatic heterocycles. The van der Waals surface area contributed by atoms with Gasteiger partial charge in [-0.3, -0.25) is 4.79 Å². The van der Waals surface area contributed by atoms with Crippen LogP contribution in [0.4, 0.5) is 0 Å². The Balaban J connectivity index is 1.46. The number of hydrogen-bond donors (Lipinski definition) is 0. The number of amides is 1. The monoisotopic (exact) mass is 407 g/mol. The van der Waals surface area contributed by atoms with Crippen molar-refractivity contribution in [2.24, 2.45) is 0 Å². The van der Waals surface area contributed by atoms with E-state index in [0.717, 1.165) is 40.8 Å². The Labute approximate surface area is 171 Å². The molecular formula is C22H18ClN3OS. The number of benzene rings is 2. The molecule has 0 spiro atoms. The first-order valence-corrected chi connectivity index (χ1v) is 10.6. The molecule has 0 aliphatic carbocycles. The molecule has 1 unspecified atom stereocenters. The molecule has 6 heteroatoms. The normalized spacial score (nSPS) is 17.3. The summed E-state index contributed by atoms with van der Waals surface area (Å²) in [5.41, 5.74) is 2.41. The van der Waals surface area contributed by atoms with E-state index >= 15 is 0 Å². The number of thiazole rings is 1. The fourth-order valence-electron chi connectivity index (χ4n) is 3.92. The van der Waals surface area contributed by atoms with Crippen molar-refractivity contribution >= 4 is 50.0 Å². The summed E-state index contributed by atoms with van der Waals surface area (Å²) in [6, 6.07) is 17.5. The molecule has 1 atom stereocenters. The SMILES string of the molecule is O=C(c1cc(Cl)nc2ccccc12)N1CCCC(c2nc3ccccc3s2)C1. The summed E-state index contributed by atoms with van der Waals surface area (Å²) in [7, 11) is 0.